The van der Waals surface area contributed by atoms with Gasteiger partial charge in [-0.2, -0.15) is 0 Å². The molecule has 68 valence electrons. The number of alkyl halides is 4. The average Bonchev–Trinajstić information content (AvgIpc) is 2.02. The van der Waals surface area contributed by atoms with Crippen molar-refractivity contribution in [3.05, 3.63) is 0 Å². The molecule has 11 heavy (non-hydrogen) atoms. The summed E-state index contributed by atoms with van der Waals surface area (Å²) >= 11 is 22.5. The summed E-state index contributed by atoms with van der Waals surface area (Å²) in [6.07, 6.45) is 0. The van der Waals surface area contributed by atoms with Crippen LogP contribution in [0.2, 0.25) is 0 Å². The minimum Gasteiger partial charge on any atom is -0.357 e. The zero-order valence-corrected chi connectivity index (χ0v) is 9.06. The monoisotopic (exact) mass is 240 g/mol. The first kappa shape index (κ1) is 12.1. The number of ether oxygens (including phenoxy) is 2. The van der Waals surface area contributed by atoms with Crippen LogP contribution in [0, 0.1) is 0 Å². The van der Waals surface area contributed by atoms with Crippen molar-refractivity contribution in [2.75, 3.05) is 20.1 Å². The van der Waals surface area contributed by atoms with Crippen LogP contribution in [0.25, 0.3) is 0 Å². The van der Waals surface area contributed by atoms with Crippen LogP contribution in [0.5, 0.6) is 0 Å². The second kappa shape index (κ2) is 4.35. The molecule has 0 saturated heterocycles. The van der Waals surface area contributed by atoms with Gasteiger partial charge in [0.2, 0.25) is 5.06 Å². The van der Waals surface area contributed by atoms with Crippen molar-refractivity contribution in [3.63, 3.8) is 0 Å². The van der Waals surface area contributed by atoms with Crippen LogP contribution in [0.15, 0.2) is 0 Å². The topological polar surface area (TPSA) is 18.5 Å². The maximum absolute atomic E-state index is 5.76. The van der Waals surface area contributed by atoms with Gasteiger partial charge < -0.3 is 9.47 Å². The van der Waals surface area contributed by atoms with Crippen LogP contribution in [0.4, 0.5) is 0 Å². The van der Waals surface area contributed by atoms with Gasteiger partial charge in [0.15, 0.2) is 0 Å². The van der Waals surface area contributed by atoms with Crippen molar-refractivity contribution in [3.8, 4) is 0 Å². The fourth-order valence-corrected chi connectivity index (χ4v) is 1.20. The van der Waals surface area contributed by atoms with E-state index >= 15 is 0 Å². The third-order valence-electron chi connectivity index (χ3n) is 1.19. The lowest BCUT2D eigenvalue weighted by atomic mass is 10.4. The first-order valence-corrected chi connectivity index (χ1v) is 4.33. The van der Waals surface area contributed by atoms with Gasteiger partial charge in [0, 0.05) is 14.2 Å². The molecule has 0 radical (unpaired) electrons. The third kappa shape index (κ3) is 2.51. The van der Waals surface area contributed by atoms with Gasteiger partial charge in [-0.3, -0.25) is 0 Å². The number of hydrogen-bond acceptors (Lipinski definition) is 2. The second-order valence-electron chi connectivity index (χ2n) is 1.79. The maximum Gasteiger partial charge on any atom is 0.262 e. The summed E-state index contributed by atoms with van der Waals surface area (Å²) in [5.74, 6) is -0.0775. The molecule has 2 nitrogen and oxygen atoms in total. The third-order valence-corrected chi connectivity index (χ3v) is 3.37. The number of methoxy groups -OCH3 is 2. The van der Waals surface area contributed by atoms with Gasteiger partial charge in [-0.15, -0.1) is 11.6 Å². The molecule has 0 aliphatic rings. The number of hydrogen-bond donors (Lipinski definition) is 0. The zero-order valence-electron chi connectivity index (χ0n) is 6.04. The largest absolute Gasteiger partial charge is 0.357 e. The summed E-state index contributed by atoms with van der Waals surface area (Å²) in [4.78, 5) is 0. The summed E-state index contributed by atoms with van der Waals surface area (Å²) in [6, 6.07) is 0. The quantitative estimate of drug-likeness (QED) is 0.705. The molecule has 0 amide bonds. The van der Waals surface area contributed by atoms with Crippen molar-refractivity contribution in [2.45, 2.75) is 9.58 Å². The minimum atomic E-state index is -1.65. The van der Waals surface area contributed by atoms with Crippen LogP contribution in [-0.2, 0) is 9.47 Å². The molecule has 0 N–H and O–H groups in total. The van der Waals surface area contributed by atoms with Crippen molar-refractivity contribution in [1.82, 2.24) is 0 Å². The van der Waals surface area contributed by atoms with Crippen molar-refractivity contribution in [1.29, 1.82) is 0 Å². The number of halogens is 4. The molecule has 1 unspecified atom stereocenters. The fourth-order valence-electron chi connectivity index (χ4n) is 0.404. The van der Waals surface area contributed by atoms with E-state index in [0.717, 1.165) is 0 Å². The predicted octanol–water partition coefficient (Wildman–Crippen LogP) is 2.58. The van der Waals surface area contributed by atoms with Crippen molar-refractivity contribution in [2.24, 2.45) is 0 Å². The molecular formula is C5H8Cl4O2. The van der Waals surface area contributed by atoms with E-state index in [-0.39, 0.29) is 5.88 Å². The Morgan fingerprint density at radius 2 is 1.55 bits per heavy atom. The van der Waals surface area contributed by atoms with Crippen LogP contribution < -0.4 is 0 Å². The molecule has 0 bridgehead atoms. The summed E-state index contributed by atoms with van der Waals surface area (Å²) in [5, 5.41) is -1.42. The summed E-state index contributed by atoms with van der Waals surface area (Å²) in [5.41, 5.74) is 0. The molecule has 0 aromatic heterocycles. The lowest BCUT2D eigenvalue weighted by Crippen LogP contribution is -2.46. The normalized spacial score (nSPS) is 18.0. The van der Waals surface area contributed by atoms with Gasteiger partial charge in [0.05, 0.1) is 5.88 Å². The molecule has 0 aliphatic heterocycles. The smallest absolute Gasteiger partial charge is 0.262 e. The highest BCUT2D eigenvalue weighted by Crippen LogP contribution is 2.41. The highest BCUT2D eigenvalue weighted by Gasteiger charge is 2.49. The fraction of sp³-hybridized carbons (Fsp3) is 1.00. The Morgan fingerprint density at radius 1 is 1.09 bits per heavy atom. The van der Waals surface area contributed by atoms with E-state index in [2.05, 4.69) is 4.74 Å². The van der Waals surface area contributed by atoms with Gasteiger partial charge in [-0.1, -0.05) is 34.8 Å². The Bertz CT molecular complexity index is 124. The first-order valence-electron chi connectivity index (χ1n) is 2.66. The average molecular weight is 242 g/mol. The maximum atomic E-state index is 5.76. The van der Waals surface area contributed by atoms with E-state index < -0.39 is 9.58 Å². The van der Waals surface area contributed by atoms with Crippen LogP contribution in [-0.4, -0.2) is 29.7 Å². The van der Waals surface area contributed by atoms with E-state index in [1.54, 1.807) is 0 Å². The van der Waals surface area contributed by atoms with Gasteiger partial charge in [0.1, 0.15) is 0 Å². The van der Waals surface area contributed by atoms with Gasteiger partial charge in [-0.05, 0) is 0 Å². The molecule has 0 heterocycles. The van der Waals surface area contributed by atoms with Gasteiger partial charge in [0.25, 0.3) is 4.52 Å². The second-order valence-corrected chi connectivity index (χ2v) is 3.92. The Balaban J connectivity index is 4.47. The van der Waals surface area contributed by atoms with Gasteiger partial charge in [-0.25, -0.2) is 0 Å². The first-order chi connectivity index (χ1) is 4.93. The Kier molecular flexibility index (Phi) is 4.78. The minimum absolute atomic E-state index is 0.0775. The van der Waals surface area contributed by atoms with E-state index in [0.29, 0.717) is 0 Å². The summed E-state index contributed by atoms with van der Waals surface area (Å²) in [6.45, 7) is 0. The lowest BCUT2D eigenvalue weighted by molar-refractivity contribution is -0.0337. The van der Waals surface area contributed by atoms with Crippen molar-refractivity contribution >= 4 is 46.4 Å². The molecule has 1 atom stereocenters. The van der Waals surface area contributed by atoms with Crippen LogP contribution in [0.1, 0.15) is 0 Å². The lowest BCUT2D eigenvalue weighted by Gasteiger charge is -2.33. The molecule has 0 saturated carbocycles. The van der Waals surface area contributed by atoms with E-state index in [1.165, 1.54) is 14.2 Å². The molecule has 0 aromatic rings. The van der Waals surface area contributed by atoms with Crippen LogP contribution >= 0.6 is 46.4 Å². The van der Waals surface area contributed by atoms with E-state index in [4.69, 9.17) is 51.1 Å². The predicted molar refractivity (Wildman–Crippen MR) is 47.8 cm³/mol. The van der Waals surface area contributed by atoms with E-state index in [1.807, 2.05) is 0 Å². The molecule has 0 spiro atoms. The molecule has 6 heteroatoms. The zero-order chi connectivity index (χ0) is 9.12. The highest BCUT2D eigenvalue weighted by molar-refractivity contribution is 6.52. The van der Waals surface area contributed by atoms with E-state index in [9.17, 15) is 0 Å². The molecular weight excluding hydrogens is 234 g/mol. The van der Waals surface area contributed by atoms with Crippen molar-refractivity contribution < 1.29 is 9.47 Å². The Labute approximate surface area is 85.6 Å². The molecule has 0 rings (SSSR count). The van der Waals surface area contributed by atoms with Gasteiger partial charge >= 0.3 is 0 Å². The number of rotatable bonds is 4. The summed E-state index contributed by atoms with van der Waals surface area (Å²) in [7, 11) is 2.65. The Morgan fingerprint density at radius 3 is 1.64 bits per heavy atom. The van der Waals surface area contributed by atoms with Crippen LogP contribution in [0.3, 0.4) is 0 Å². The Hall–Kier alpha value is 1.08. The highest BCUT2D eigenvalue weighted by atomic mass is 35.5. The summed E-state index contributed by atoms with van der Waals surface area (Å²) < 4.78 is 7.81. The molecule has 0 fully saturated rings. The molecule has 0 aliphatic carbocycles. The molecule has 0 aromatic carbocycles. The SMILES string of the molecule is COC(Cl)(Cl)C(Cl)(CCl)OC. The standard InChI is InChI=1S/C5H8Cl4O2/c1-10-4(7,3-6)5(8,9)11-2/h3H2,1-2H3.